The van der Waals surface area contributed by atoms with Gasteiger partial charge >= 0.3 is 0 Å². The van der Waals surface area contributed by atoms with Gasteiger partial charge in [-0.25, -0.2) is 0 Å². The van der Waals surface area contributed by atoms with Gasteiger partial charge < -0.3 is 15.4 Å². The number of rotatable bonds is 2. The van der Waals surface area contributed by atoms with Gasteiger partial charge in [0.05, 0.1) is 6.10 Å². The van der Waals surface area contributed by atoms with Gasteiger partial charge in [0.25, 0.3) is 5.91 Å². The Morgan fingerprint density at radius 2 is 2.25 bits per heavy atom. The number of fused-ring (bicyclic) bond motifs is 1. The first-order valence-electron chi connectivity index (χ1n) is 6.64. The molecule has 2 aliphatic rings. The van der Waals surface area contributed by atoms with Crippen LogP contribution in [0.25, 0.3) is 0 Å². The van der Waals surface area contributed by atoms with Crippen LogP contribution in [0.15, 0.2) is 22.7 Å². The number of anilines is 1. The van der Waals surface area contributed by atoms with Crippen LogP contribution in [-0.4, -0.2) is 31.2 Å². The van der Waals surface area contributed by atoms with E-state index in [9.17, 15) is 4.79 Å². The van der Waals surface area contributed by atoms with E-state index in [1.54, 1.807) is 0 Å². The number of hydrogen-bond donors (Lipinski definition) is 1. The fourth-order valence-electron chi connectivity index (χ4n) is 2.83. The maximum Gasteiger partial charge on any atom is 0.256 e. The molecule has 0 saturated carbocycles. The summed E-state index contributed by atoms with van der Waals surface area (Å²) in [5.41, 5.74) is 7.83. The van der Waals surface area contributed by atoms with E-state index in [1.165, 1.54) is 5.56 Å². The van der Waals surface area contributed by atoms with Crippen LogP contribution in [-0.2, 0) is 16.0 Å². The molecule has 1 aromatic rings. The molecular weight excluding hydrogens is 344 g/mol. The van der Waals surface area contributed by atoms with Gasteiger partial charge in [-0.15, -0.1) is 12.4 Å². The Kier molecular flexibility index (Phi) is 5.07. The molecule has 2 atom stereocenters. The minimum Gasteiger partial charge on any atom is -0.364 e. The van der Waals surface area contributed by atoms with Crippen LogP contribution in [0.2, 0.25) is 0 Å². The molecule has 110 valence electrons. The minimum absolute atomic E-state index is 0. The molecule has 1 aromatic carbocycles. The third kappa shape index (κ3) is 2.86. The van der Waals surface area contributed by atoms with Crippen molar-refractivity contribution < 1.29 is 9.53 Å². The monoisotopic (exact) mass is 360 g/mol. The van der Waals surface area contributed by atoms with Crippen molar-refractivity contribution in [3.05, 3.63) is 28.2 Å². The number of nitrogens with two attached hydrogens (primary N) is 1. The summed E-state index contributed by atoms with van der Waals surface area (Å²) >= 11 is 3.46. The Morgan fingerprint density at radius 1 is 1.45 bits per heavy atom. The summed E-state index contributed by atoms with van der Waals surface area (Å²) in [6.45, 7) is 1.24. The molecule has 0 unspecified atom stereocenters. The molecule has 2 aliphatic heterocycles. The normalized spacial score (nSPS) is 24.4. The lowest BCUT2D eigenvalue weighted by atomic mass is 10.1. The quantitative estimate of drug-likeness (QED) is 0.879. The molecule has 1 amide bonds. The third-order valence-electron chi connectivity index (χ3n) is 3.85. The Balaban J connectivity index is 0.00000147. The molecule has 3 rings (SSSR count). The average molecular weight is 362 g/mol. The zero-order chi connectivity index (χ0) is 13.4. The zero-order valence-electron chi connectivity index (χ0n) is 11.0. The van der Waals surface area contributed by atoms with Crippen molar-refractivity contribution in [2.75, 3.05) is 18.0 Å². The van der Waals surface area contributed by atoms with E-state index in [4.69, 9.17) is 10.5 Å². The molecule has 1 fully saturated rings. The second-order valence-corrected chi connectivity index (χ2v) is 5.99. The van der Waals surface area contributed by atoms with E-state index in [0.717, 1.165) is 36.0 Å². The Bertz CT molecular complexity index is 512. The van der Waals surface area contributed by atoms with Crippen molar-refractivity contribution in [2.45, 2.75) is 31.5 Å². The average Bonchev–Trinajstić information content (AvgIpc) is 3.03. The number of carbonyl (C=O) groups is 1. The van der Waals surface area contributed by atoms with Crippen molar-refractivity contribution in [3.63, 3.8) is 0 Å². The molecular formula is C14H18BrClN2O2. The van der Waals surface area contributed by atoms with E-state index in [-0.39, 0.29) is 30.5 Å². The first kappa shape index (κ1) is 15.8. The first-order valence-corrected chi connectivity index (χ1v) is 7.43. The highest BCUT2D eigenvalue weighted by molar-refractivity contribution is 9.10. The Morgan fingerprint density at radius 3 is 2.95 bits per heavy atom. The highest BCUT2D eigenvalue weighted by atomic mass is 79.9. The Labute approximate surface area is 133 Å². The largest absolute Gasteiger partial charge is 0.364 e. The summed E-state index contributed by atoms with van der Waals surface area (Å²) in [6.07, 6.45) is 2.30. The number of ether oxygens (including phenoxy) is 1. The summed E-state index contributed by atoms with van der Waals surface area (Å²) in [6, 6.07) is 6.06. The molecule has 2 heterocycles. The van der Waals surface area contributed by atoms with Crippen LogP contribution in [0, 0.1) is 0 Å². The lowest BCUT2D eigenvalue weighted by molar-refractivity contribution is -0.129. The van der Waals surface area contributed by atoms with Crippen LogP contribution < -0.4 is 10.6 Å². The van der Waals surface area contributed by atoms with Gasteiger partial charge in [-0.1, -0.05) is 15.9 Å². The predicted octanol–water partition coefficient (Wildman–Crippen LogP) is 2.27. The van der Waals surface area contributed by atoms with E-state index >= 15 is 0 Å². The van der Waals surface area contributed by atoms with E-state index < -0.39 is 0 Å². The molecule has 4 nitrogen and oxygen atoms in total. The smallest absolute Gasteiger partial charge is 0.256 e. The van der Waals surface area contributed by atoms with Gasteiger partial charge in [-0.3, -0.25) is 4.79 Å². The summed E-state index contributed by atoms with van der Waals surface area (Å²) in [7, 11) is 0. The number of halogens is 2. The molecule has 0 aromatic heterocycles. The number of hydrogen-bond acceptors (Lipinski definition) is 3. The van der Waals surface area contributed by atoms with Crippen molar-refractivity contribution in [1.29, 1.82) is 0 Å². The van der Waals surface area contributed by atoms with Gasteiger partial charge in [0.15, 0.2) is 0 Å². The van der Waals surface area contributed by atoms with Crippen molar-refractivity contribution in [3.8, 4) is 0 Å². The topological polar surface area (TPSA) is 55.6 Å². The summed E-state index contributed by atoms with van der Waals surface area (Å²) < 4.78 is 6.75. The summed E-state index contributed by atoms with van der Waals surface area (Å²) in [4.78, 5) is 14.4. The highest BCUT2D eigenvalue weighted by Gasteiger charge is 2.35. The van der Waals surface area contributed by atoms with E-state index in [2.05, 4.69) is 22.0 Å². The predicted molar refractivity (Wildman–Crippen MR) is 84.4 cm³/mol. The molecule has 2 N–H and O–H groups in total. The second kappa shape index (κ2) is 6.43. The first-order chi connectivity index (χ1) is 9.19. The lowest BCUT2D eigenvalue weighted by Gasteiger charge is -2.21. The number of nitrogens with zero attached hydrogens (tertiary/aromatic N) is 1. The second-order valence-electron chi connectivity index (χ2n) is 5.07. The molecule has 20 heavy (non-hydrogen) atoms. The fraction of sp³-hybridized carbons (Fsp3) is 0.500. The van der Waals surface area contributed by atoms with Crippen LogP contribution in [0.3, 0.4) is 0 Å². The molecule has 0 bridgehead atoms. The van der Waals surface area contributed by atoms with Crippen molar-refractivity contribution in [1.82, 2.24) is 0 Å². The van der Waals surface area contributed by atoms with Crippen LogP contribution in [0.4, 0.5) is 5.69 Å². The van der Waals surface area contributed by atoms with Crippen LogP contribution in [0.5, 0.6) is 0 Å². The molecule has 1 saturated heterocycles. The van der Waals surface area contributed by atoms with Gasteiger partial charge in [-0.05, 0) is 43.0 Å². The number of carbonyl (C=O) groups excluding carboxylic acids is 1. The van der Waals surface area contributed by atoms with Gasteiger partial charge in [0.2, 0.25) is 0 Å². The number of benzene rings is 1. The zero-order valence-corrected chi connectivity index (χ0v) is 13.5. The lowest BCUT2D eigenvalue weighted by Crippen LogP contribution is -2.38. The van der Waals surface area contributed by atoms with Crippen molar-refractivity contribution in [2.24, 2.45) is 5.73 Å². The van der Waals surface area contributed by atoms with Crippen molar-refractivity contribution >= 4 is 39.9 Å². The van der Waals surface area contributed by atoms with E-state index in [1.807, 2.05) is 17.0 Å². The highest BCUT2D eigenvalue weighted by Crippen LogP contribution is 2.32. The van der Waals surface area contributed by atoms with Crippen LogP contribution >= 0.6 is 28.3 Å². The summed E-state index contributed by atoms with van der Waals surface area (Å²) in [5.74, 6) is 0.0806. The minimum atomic E-state index is -0.317. The molecule has 0 aliphatic carbocycles. The standard InChI is InChI=1S/C14H17BrN2O2.ClH/c15-10-1-3-12-9(7-10)5-6-17(12)14(18)13-4-2-11(8-16)19-13;/h1,3,7,11,13H,2,4-6,8,16H2;1H/t11-,13+;/m1./s1. The van der Waals surface area contributed by atoms with Gasteiger partial charge in [-0.2, -0.15) is 0 Å². The van der Waals surface area contributed by atoms with Gasteiger partial charge in [0.1, 0.15) is 6.10 Å². The van der Waals surface area contributed by atoms with Gasteiger partial charge in [0, 0.05) is 23.2 Å². The Hall–Kier alpha value is -0.620. The van der Waals surface area contributed by atoms with Crippen LogP contribution in [0.1, 0.15) is 18.4 Å². The SMILES string of the molecule is Cl.NC[C@H]1CC[C@@H](C(=O)N2CCc3cc(Br)ccc32)O1. The maximum absolute atomic E-state index is 12.5. The fourth-order valence-corrected chi connectivity index (χ4v) is 3.24. The maximum atomic E-state index is 12.5. The van der Waals surface area contributed by atoms with E-state index in [0.29, 0.717) is 6.54 Å². The third-order valence-corrected chi connectivity index (χ3v) is 4.34. The molecule has 0 radical (unpaired) electrons. The number of amides is 1. The molecule has 6 heteroatoms. The summed E-state index contributed by atoms with van der Waals surface area (Å²) in [5, 5.41) is 0. The molecule has 0 spiro atoms.